The predicted molar refractivity (Wildman–Crippen MR) is 79.4 cm³/mol. The monoisotopic (exact) mass is 293 g/mol. The number of aromatic nitrogens is 2. The maximum absolute atomic E-state index is 14.3. The van der Waals surface area contributed by atoms with Crippen molar-refractivity contribution in [3.05, 3.63) is 52.8 Å². The number of hydrogen-bond donors (Lipinski definition) is 1. The van der Waals surface area contributed by atoms with Gasteiger partial charge in [-0.2, -0.15) is 13.9 Å². The molecule has 2 aromatic rings. The number of benzene rings is 1. The van der Waals surface area contributed by atoms with E-state index >= 15 is 0 Å². The standard InChI is InChI=1S/C16H21F2N3/c1-4-19-10-15-12(2)20-21(13(15)3)11-16(17,18)14-8-6-5-7-9-14/h5-9,19H,4,10-11H2,1-3H3. The van der Waals surface area contributed by atoms with Gasteiger partial charge in [-0.15, -0.1) is 0 Å². The maximum atomic E-state index is 14.3. The van der Waals surface area contributed by atoms with Crippen molar-refractivity contribution in [2.75, 3.05) is 6.54 Å². The molecule has 3 nitrogen and oxygen atoms in total. The molecule has 0 unspecified atom stereocenters. The van der Waals surface area contributed by atoms with Gasteiger partial charge in [0, 0.05) is 23.4 Å². The largest absolute Gasteiger partial charge is 0.313 e. The third kappa shape index (κ3) is 3.47. The Hall–Kier alpha value is -1.75. The topological polar surface area (TPSA) is 29.9 Å². The first-order chi connectivity index (χ1) is 9.95. The molecule has 5 heteroatoms. The zero-order valence-corrected chi connectivity index (χ0v) is 12.7. The lowest BCUT2D eigenvalue weighted by molar-refractivity contribution is -0.0260. The molecule has 0 amide bonds. The highest BCUT2D eigenvalue weighted by atomic mass is 19.3. The minimum Gasteiger partial charge on any atom is -0.313 e. The van der Waals surface area contributed by atoms with Crippen LogP contribution in [0.1, 0.15) is 29.4 Å². The number of alkyl halides is 2. The van der Waals surface area contributed by atoms with Crippen molar-refractivity contribution < 1.29 is 8.78 Å². The third-order valence-electron chi connectivity index (χ3n) is 3.63. The van der Waals surface area contributed by atoms with Crippen LogP contribution in [0, 0.1) is 13.8 Å². The van der Waals surface area contributed by atoms with Gasteiger partial charge in [-0.05, 0) is 20.4 Å². The minimum absolute atomic E-state index is 0.0192. The van der Waals surface area contributed by atoms with Crippen molar-refractivity contribution in [3.63, 3.8) is 0 Å². The molecule has 0 spiro atoms. The summed E-state index contributed by atoms with van der Waals surface area (Å²) in [6, 6.07) is 7.88. The van der Waals surface area contributed by atoms with Gasteiger partial charge in [-0.25, -0.2) is 0 Å². The maximum Gasteiger partial charge on any atom is 0.292 e. The molecule has 0 aliphatic heterocycles. The van der Waals surface area contributed by atoms with E-state index in [1.165, 1.54) is 16.8 Å². The van der Waals surface area contributed by atoms with Crippen LogP contribution in [0.15, 0.2) is 30.3 Å². The molecule has 0 atom stereocenters. The van der Waals surface area contributed by atoms with Crippen LogP contribution in [0.3, 0.4) is 0 Å². The quantitative estimate of drug-likeness (QED) is 0.884. The number of aryl methyl sites for hydroxylation is 1. The Morgan fingerprint density at radius 1 is 1.19 bits per heavy atom. The molecule has 0 bridgehead atoms. The molecule has 114 valence electrons. The van der Waals surface area contributed by atoms with Gasteiger partial charge in [0.15, 0.2) is 0 Å². The third-order valence-corrected chi connectivity index (χ3v) is 3.63. The van der Waals surface area contributed by atoms with E-state index < -0.39 is 12.5 Å². The van der Waals surface area contributed by atoms with Crippen LogP contribution >= 0.6 is 0 Å². The number of hydrogen-bond acceptors (Lipinski definition) is 2. The fourth-order valence-electron chi connectivity index (χ4n) is 2.36. The zero-order chi connectivity index (χ0) is 15.5. The summed E-state index contributed by atoms with van der Waals surface area (Å²) < 4.78 is 30.1. The van der Waals surface area contributed by atoms with Gasteiger partial charge < -0.3 is 5.32 Å². The first-order valence-corrected chi connectivity index (χ1v) is 7.12. The van der Waals surface area contributed by atoms with Crippen LogP contribution in [-0.2, 0) is 19.0 Å². The smallest absolute Gasteiger partial charge is 0.292 e. The van der Waals surface area contributed by atoms with Gasteiger partial charge in [-0.1, -0.05) is 37.3 Å². The van der Waals surface area contributed by atoms with Gasteiger partial charge in [0.1, 0.15) is 6.54 Å². The van der Waals surface area contributed by atoms with Crippen molar-refractivity contribution in [2.24, 2.45) is 0 Å². The van der Waals surface area contributed by atoms with Crippen LogP contribution in [0.5, 0.6) is 0 Å². The van der Waals surface area contributed by atoms with Crippen molar-refractivity contribution >= 4 is 0 Å². The fraction of sp³-hybridized carbons (Fsp3) is 0.438. The average Bonchev–Trinajstić information content (AvgIpc) is 2.72. The number of nitrogens with zero attached hydrogens (tertiary/aromatic N) is 2. The van der Waals surface area contributed by atoms with Gasteiger partial charge >= 0.3 is 0 Å². The second-order valence-electron chi connectivity index (χ2n) is 5.16. The Balaban J connectivity index is 2.23. The Kier molecular flexibility index (Phi) is 4.73. The highest BCUT2D eigenvalue weighted by Gasteiger charge is 2.33. The number of nitrogens with one attached hydrogen (secondary N) is 1. The van der Waals surface area contributed by atoms with Crippen molar-refractivity contribution in [1.82, 2.24) is 15.1 Å². The normalized spacial score (nSPS) is 11.9. The van der Waals surface area contributed by atoms with Crippen molar-refractivity contribution in [3.8, 4) is 0 Å². The molecule has 1 aromatic carbocycles. The van der Waals surface area contributed by atoms with E-state index in [1.807, 2.05) is 20.8 Å². The summed E-state index contributed by atoms with van der Waals surface area (Å²) in [5.41, 5.74) is 2.62. The Bertz CT molecular complexity index is 591. The molecule has 0 saturated carbocycles. The molecule has 0 aliphatic carbocycles. The molecule has 21 heavy (non-hydrogen) atoms. The molecule has 0 saturated heterocycles. The first kappa shape index (κ1) is 15.6. The van der Waals surface area contributed by atoms with Gasteiger partial charge in [-0.3, -0.25) is 4.68 Å². The molecule has 0 radical (unpaired) electrons. The van der Waals surface area contributed by atoms with E-state index in [0.29, 0.717) is 6.54 Å². The zero-order valence-electron chi connectivity index (χ0n) is 12.7. The summed E-state index contributed by atoms with van der Waals surface area (Å²) in [7, 11) is 0. The summed E-state index contributed by atoms with van der Waals surface area (Å²) in [6.45, 7) is 6.77. The summed E-state index contributed by atoms with van der Waals surface area (Å²) >= 11 is 0. The second kappa shape index (κ2) is 6.35. The van der Waals surface area contributed by atoms with E-state index in [1.54, 1.807) is 18.2 Å². The van der Waals surface area contributed by atoms with Gasteiger partial charge in [0.05, 0.1) is 5.69 Å². The van der Waals surface area contributed by atoms with Crippen molar-refractivity contribution in [1.29, 1.82) is 0 Å². The lowest BCUT2D eigenvalue weighted by atomic mass is 10.1. The molecule has 2 rings (SSSR count). The van der Waals surface area contributed by atoms with E-state index in [-0.39, 0.29) is 5.56 Å². The molecule has 0 aliphatic rings. The fourth-order valence-corrected chi connectivity index (χ4v) is 2.36. The molecular formula is C16H21F2N3. The predicted octanol–water partition coefficient (Wildman–Crippen LogP) is 3.40. The number of rotatable bonds is 6. The van der Waals surface area contributed by atoms with Gasteiger partial charge in [0.25, 0.3) is 5.92 Å². The molecular weight excluding hydrogens is 272 g/mol. The SMILES string of the molecule is CCNCc1c(C)nn(CC(F)(F)c2ccccc2)c1C. The van der Waals surface area contributed by atoms with Crippen LogP contribution in [0.4, 0.5) is 8.78 Å². The van der Waals surface area contributed by atoms with Crippen LogP contribution in [0.2, 0.25) is 0 Å². The first-order valence-electron chi connectivity index (χ1n) is 7.12. The lowest BCUT2D eigenvalue weighted by Crippen LogP contribution is -2.23. The van der Waals surface area contributed by atoms with Crippen LogP contribution < -0.4 is 5.32 Å². The molecule has 0 fully saturated rings. The Morgan fingerprint density at radius 2 is 1.86 bits per heavy atom. The summed E-state index contributed by atoms with van der Waals surface area (Å²) in [4.78, 5) is 0. The highest BCUT2D eigenvalue weighted by Crippen LogP contribution is 2.30. The summed E-state index contributed by atoms with van der Waals surface area (Å²) in [5.74, 6) is -2.93. The Labute approximate surface area is 124 Å². The van der Waals surface area contributed by atoms with Crippen molar-refractivity contribution in [2.45, 2.75) is 39.8 Å². The lowest BCUT2D eigenvalue weighted by Gasteiger charge is -2.17. The second-order valence-corrected chi connectivity index (χ2v) is 5.16. The number of halogens is 2. The van der Waals surface area contributed by atoms with E-state index in [0.717, 1.165) is 23.5 Å². The molecule has 1 N–H and O–H groups in total. The average molecular weight is 293 g/mol. The minimum atomic E-state index is -2.93. The Morgan fingerprint density at radius 3 is 2.48 bits per heavy atom. The van der Waals surface area contributed by atoms with Gasteiger partial charge in [0.2, 0.25) is 0 Å². The molecule has 1 aromatic heterocycles. The summed E-state index contributed by atoms with van der Waals surface area (Å²) in [5, 5.41) is 7.48. The summed E-state index contributed by atoms with van der Waals surface area (Å²) in [6.07, 6.45) is 0. The van der Waals surface area contributed by atoms with E-state index in [4.69, 9.17) is 0 Å². The van der Waals surface area contributed by atoms with Crippen LogP contribution in [-0.4, -0.2) is 16.3 Å². The van der Waals surface area contributed by atoms with E-state index in [2.05, 4.69) is 10.4 Å². The van der Waals surface area contributed by atoms with E-state index in [9.17, 15) is 8.78 Å². The molecule has 1 heterocycles. The van der Waals surface area contributed by atoms with Crippen LogP contribution in [0.25, 0.3) is 0 Å². The highest BCUT2D eigenvalue weighted by molar-refractivity contribution is 5.25.